The molecule has 1 atom stereocenters. The molecule has 0 aromatic carbocycles. The van der Waals surface area contributed by atoms with Gasteiger partial charge in [0.15, 0.2) is 0 Å². The van der Waals surface area contributed by atoms with E-state index in [1.54, 1.807) is 35.3 Å². The smallest absolute Gasteiger partial charge is 0.407 e. The van der Waals surface area contributed by atoms with Crippen LogP contribution in [0.2, 0.25) is 0 Å². The van der Waals surface area contributed by atoms with Crippen molar-refractivity contribution in [3.63, 3.8) is 0 Å². The van der Waals surface area contributed by atoms with Gasteiger partial charge in [0.2, 0.25) is 6.40 Å². The number of hydrogen-bond donors (Lipinski definition) is 4. The Kier molecular flexibility index (Phi) is 37.8. The molecule has 0 rings (SSSR count). The summed E-state index contributed by atoms with van der Waals surface area (Å²) in [6.07, 6.45) is 0.828. The summed E-state index contributed by atoms with van der Waals surface area (Å²) in [6.45, 7) is 2.28. The third-order valence-electron chi connectivity index (χ3n) is 3.95. The van der Waals surface area contributed by atoms with E-state index in [1.165, 1.54) is 70.8 Å². The molecule has 0 aliphatic carbocycles. The van der Waals surface area contributed by atoms with Gasteiger partial charge in [-0.05, 0) is 0 Å². The fourth-order valence-corrected chi connectivity index (χ4v) is 8.82. The van der Waals surface area contributed by atoms with Crippen LogP contribution >= 0.6 is 94.1 Å². The average Bonchev–Trinajstić information content (AvgIpc) is 3.00. The van der Waals surface area contributed by atoms with Crippen molar-refractivity contribution in [2.75, 3.05) is 106 Å². The van der Waals surface area contributed by atoms with E-state index >= 15 is 0 Å². The monoisotopic (exact) mass is 778 g/mol. The first-order valence-corrected chi connectivity index (χ1v) is 23.3. The van der Waals surface area contributed by atoms with Crippen LogP contribution in [0.15, 0.2) is 9.98 Å². The lowest BCUT2D eigenvalue weighted by atomic mass is 10.7. The normalized spacial score (nSPS) is 12.1. The number of aliphatic hydroxyl groups is 2. The van der Waals surface area contributed by atoms with Crippen LogP contribution in [0.1, 0.15) is 0 Å². The van der Waals surface area contributed by atoms with Gasteiger partial charge in [-0.1, -0.05) is 11.8 Å². The van der Waals surface area contributed by atoms with Gasteiger partial charge in [-0.2, -0.15) is 40.2 Å². The second-order valence-electron chi connectivity index (χ2n) is 7.13. The van der Waals surface area contributed by atoms with E-state index in [-0.39, 0.29) is 23.1 Å². The number of alkyl carbamates (subject to hydrolysis) is 1. The molecule has 0 saturated carbocycles. The predicted molar refractivity (Wildman–Crippen MR) is 198 cm³/mol. The van der Waals surface area contributed by atoms with Crippen LogP contribution < -0.4 is 10.6 Å². The first-order chi connectivity index (χ1) is 21.1. The summed E-state index contributed by atoms with van der Waals surface area (Å²) in [6, 6.07) is 0. The van der Waals surface area contributed by atoms with Crippen molar-refractivity contribution >= 4 is 128 Å². The first kappa shape index (κ1) is 43.7. The van der Waals surface area contributed by atoms with E-state index in [9.17, 15) is 13.8 Å². The number of aliphatic imine (C=N–C) groups is 2. The van der Waals surface area contributed by atoms with E-state index in [4.69, 9.17) is 24.7 Å². The van der Waals surface area contributed by atoms with Gasteiger partial charge in [-0.3, -0.25) is 19.0 Å². The number of thioether (sulfide) groups is 8. The summed E-state index contributed by atoms with van der Waals surface area (Å²) in [5, 5.41) is 24.2. The Balaban J connectivity index is 3.42. The second kappa shape index (κ2) is 37.2. The molecule has 0 radical (unpaired) electrons. The first-order valence-electron chi connectivity index (χ1n) is 12.8. The molecular weight excluding hydrogens is 737 g/mol. The SMILES string of the molecule is O=C(NCCSCCN=CS(=O)CCSCCSC(=O)NCCSCCN=COOCSCSCO)OCSCSCO. The lowest BCUT2D eigenvalue weighted by Crippen LogP contribution is -2.26. The number of carbonyl (C=O) groups excluding carboxylic acids is 2. The molecule has 21 heteroatoms. The fourth-order valence-electron chi connectivity index (χ4n) is 2.15. The molecule has 0 spiro atoms. The van der Waals surface area contributed by atoms with Crippen molar-refractivity contribution in [1.82, 2.24) is 10.6 Å². The maximum atomic E-state index is 12.0. The minimum absolute atomic E-state index is 0.0343. The molecule has 12 nitrogen and oxygen atoms in total. The Morgan fingerprint density at radius 2 is 1.40 bits per heavy atom. The number of ether oxygens (including phenoxy) is 1. The molecule has 43 heavy (non-hydrogen) atoms. The molecule has 4 N–H and O–H groups in total. The molecule has 0 aromatic heterocycles. The summed E-state index contributed by atoms with van der Waals surface area (Å²) in [5.41, 5.74) is 1.50. The van der Waals surface area contributed by atoms with E-state index in [1.807, 2.05) is 0 Å². The van der Waals surface area contributed by atoms with Crippen LogP contribution in [0, 0.1) is 0 Å². The molecule has 0 fully saturated rings. The maximum Gasteiger partial charge on any atom is 0.407 e. The van der Waals surface area contributed by atoms with Gasteiger partial charge < -0.3 is 30.5 Å². The lowest BCUT2D eigenvalue weighted by molar-refractivity contribution is -0.196. The number of aliphatic hydroxyl groups excluding tert-OH is 2. The molecule has 0 aliphatic heterocycles. The van der Waals surface area contributed by atoms with Crippen molar-refractivity contribution in [2.45, 2.75) is 0 Å². The van der Waals surface area contributed by atoms with Gasteiger partial charge in [-0.25, -0.2) is 4.79 Å². The predicted octanol–water partition coefficient (Wildman–Crippen LogP) is 3.77. The lowest BCUT2D eigenvalue weighted by Gasteiger charge is -2.06. The highest BCUT2D eigenvalue weighted by Gasteiger charge is 2.03. The third kappa shape index (κ3) is 37.0. The zero-order chi connectivity index (χ0) is 31.5. The van der Waals surface area contributed by atoms with Gasteiger partial charge in [0.05, 0.1) is 34.8 Å². The molecule has 0 bridgehead atoms. The Hall–Kier alpha value is 0.710. The maximum absolute atomic E-state index is 12.0. The fraction of sp³-hybridized carbons (Fsp3) is 0.818. The van der Waals surface area contributed by atoms with Crippen LogP contribution in [0.5, 0.6) is 0 Å². The molecule has 0 aliphatic rings. The van der Waals surface area contributed by atoms with E-state index in [0.717, 1.165) is 39.6 Å². The summed E-state index contributed by atoms with van der Waals surface area (Å²) in [4.78, 5) is 41.4. The quantitative estimate of drug-likeness (QED) is 0.0200. The van der Waals surface area contributed by atoms with E-state index in [0.29, 0.717) is 48.7 Å². The van der Waals surface area contributed by atoms with Crippen LogP contribution in [0.3, 0.4) is 0 Å². The Morgan fingerprint density at radius 3 is 2.12 bits per heavy atom. The molecule has 2 amide bonds. The topological polar surface area (TPSA) is 168 Å². The van der Waals surface area contributed by atoms with Crippen LogP contribution in [0.25, 0.3) is 0 Å². The van der Waals surface area contributed by atoms with Gasteiger partial charge in [0, 0.05) is 75.8 Å². The minimum atomic E-state index is -1.10. The molecule has 1 unspecified atom stereocenters. The van der Waals surface area contributed by atoms with Gasteiger partial charge in [-0.15, -0.1) is 47.0 Å². The molecule has 252 valence electrons. The van der Waals surface area contributed by atoms with E-state index < -0.39 is 16.9 Å². The highest BCUT2D eigenvalue weighted by Crippen LogP contribution is 2.11. The van der Waals surface area contributed by atoms with Gasteiger partial charge >= 0.3 is 6.09 Å². The van der Waals surface area contributed by atoms with Crippen molar-refractivity contribution in [2.24, 2.45) is 9.98 Å². The average molecular weight is 779 g/mol. The number of rotatable bonds is 31. The van der Waals surface area contributed by atoms with Gasteiger partial charge in [0.1, 0.15) is 11.9 Å². The van der Waals surface area contributed by atoms with Crippen LogP contribution in [0.4, 0.5) is 9.59 Å². The number of amides is 2. The Bertz CT molecular complexity index is 749. The van der Waals surface area contributed by atoms with Crippen LogP contribution in [-0.2, 0) is 25.3 Å². The molecule has 0 saturated heterocycles. The number of nitrogens with one attached hydrogen (secondary N) is 2. The number of hydrogen-bond acceptors (Lipinski definition) is 18. The zero-order valence-electron chi connectivity index (χ0n) is 23.8. The minimum Gasteiger partial charge on any atom is -0.438 e. The molecule has 0 aromatic rings. The highest BCUT2D eigenvalue weighted by atomic mass is 32.2. The van der Waals surface area contributed by atoms with Crippen molar-refractivity contribution in [3.05, 3.63) is 0 Å². The second-order valence-corrected chi connectivity index (χ2v) is 17.8. The highest BCUT2D eigenvalue weighted by molar-refractivity contribution is 8.16. The van der Waals surface area contributed by atoms with Crippen molar-refractivity contribution < 1.29 is 38.5 Å². The zero-order valence-corrected chi connectivity index (χ0v) is 31.1. The van der Waals surface area contributed by atoms with Gasteiger partial charge in [0.25, 0.3) is 5.24 Å². The van der Waals surface area contributed by atoms with Crippen molar-refractivity contribution in [3.8, 4) is 0 Å². The Labute approximate surface area is 291 Å². The molecular formula is C22H42N4O8S9. The number of carbonyl (C=O) groups is 2. The standard InChI is InChI=1S/C22H42N4O8S9/c27-15-38-19-40-17-32-21(29)25-3-7-36-6-2-24-14-43(31)12-11-37-9-10-42-22(30)26-4-8-35-5-1-23-13-33-34-18-41-20-39-16-28/h13-14,27-28H,1-12,15-20H2,(H,25,29)(H,26,30). The summed E-state index contributed by atoms with van der Waals surface area (Å²) in [5.74, 6) is 6.71. The Morgan fingerprint density at radius 1 is 0.744 bits per heavy atom. The summed E-state index contributed by atoms with van der Waals surface area (Å²) < 4.78 is 17.0. The van der Waals surface area contributed by atoms with Crippen LogP contribution in [-0.4, -0.2) is 144 Å². The largest absolute Gasteiger partial charge is 0.438 e. The summed E-state index contributed by atoms with van der Waals surface area (Å²) in [7, 11) is -1.10. The number of nitrogens with zero attached hydrogens (tertiary/aromatic N) is 2. The van der Waals surface area contributed by atoms with Crippen molar-refractivity contribution in [1.29, 1.82) is 0 Å². The van der Waals surface area contributed by atoms with E-state index in [2.05, 4.69) is 20.6 Å². The summed E-state index contributed by atoms with van der Waals surface area (Å²) >= 11 is 11.9. The third-order valence-corrected chi connectivity index (χ3v) is 12.8. The molecule has 0 heterocycles.